The molecule has 0 fully saturated rings. The predicted molar refractivity (Wildman–Crippen MR) is 126 cm³/mol. The number of nitrogens with one attached hydrogen (secondary N) is 1. The molecule has 11 heteroatoms. The minimum absolute atomic E-state index is 0.434. The Morgan fingerprint density at radius 2 is 1.68 bits per heavy atom. The summed E-state index contributed by atoms with van der Waals surface area (Å²) in [4.78, 5) is 13.2. The fraction of sp³-hybridized carbons (Fsp3) is 0.217. The number of anilines is 2. The topological polar surface area (TPSA) is 110 Å². The van der Waals surface area contributed by atoms with Crippen LogP contribution in [0.25, 0.3) is 22.1 Å². The number of rotatable bonds is 7. The van der Waals surface area contributed by atoms with Gasteiger partial charge in [0.15, 0.2) is 17.1 Å². The van der Waals surface area contributed by atoms with Gasteiger partial charge in [0, 0.05) is 38.0 Å². The lowest BCUT2D eigenvalue weighted by atomic mass is 10.2. The molecule has 5 rings (SSSR count). The molecule has 0 atom stereocenters. The standard InChI is InChI=1S/C23H23N7O4/c1-29-17-7-6-14(34-22-15-11-26-30(2)21(15)24-12-25-22)10-16(17)28-23(29)27-13-8-18(31-3)20(33-5)19(9-13)32-4/h6-12H,1-5H3,(H,27,28). The molecule has 0 saturated carbocycles. The van der Waals surface area contributed by atoms with Crippen molar-refractivity contribution in [3.63, 3.8) is 0 Å². The quantitative estimate of drug-likeness (QED) is 0.387. The normalized spacial score (nSPS) is 11.1. The lowest BCUT2D eigenvalue weighted by Gasteiger charge is -2.15. The van der Waals surface area contributed by atoms with Crippen molar-refractivity contribution in [2.75, 3.05) is 26.6 Å². The van der Waals surface area contributed by atoms with Crippen LogP contribution >= 0.6 is 0 Å². The SMILES string of the molecule is COc1cc(Nc2nc3cc(Oc4ncnc5c4cnn5C)ccc3n2C)cc(OC)c1OC. The molecule has 0 amide bonds. The molecule has 3 aromatic heterocycles. The van der Waals surface area contributed by atoms with Gasteiger partial charge in [-0.1, -0.05) is 0 Å². The van der Waals surface area contributed by atoms with Gasteiger partial charge < -0.3 is 28.8 Å². The first-order valence-electron chi connectivity index (χ1n) is 10.4. The molecule has 5 aromatic rings. The lowest BCUT2D eigenvalue weighted by molar-refractivity contribution is 0.324. The Bertz CT molecular complexity index is 1480. The molecule has 1 N–H and O–H groups in total. The Hall–Kier alpha value is -4.54. The molecule has 0 saturated heterocycles. The molecule has 11 nitrogen and oxygen atoms in total. The maximum atomic E-state index is 6.05. The summed E-state index contributed by atoms with van der Waals surface area (Å²) in [5.74, 6) is 3.29. The van der Waals surface area contributed by atoms with Gasteiger partial charge in [-0.3, -0.25) is 4.68 Å². The van der Waals surface area contributed by atoms with Crippen LogP contribution in [0.3, 0.4) is 0 Å². The van der Waals surface area contributed by atoms with Crippen molar-refractivity contribution in [3.05, 3.63) is 42.9 Å². The Balaban J connectivity index is 1.47. The van der Waals surface area contributed by atoms with Crippen molar-refractivity contribution in [2.24, 2.45) is 14.1 Å². The molecule has 0 aliphatic rings. The van der Waals surface area contributed by atoms with E-state index in [1.54, 1.807) is 32.2 Å². The highest BCUT2D eigenvalue weighted by Gasteiger charge is 2.16. The van der Waals surface area contributed by atoms with E-state index < -0.39 is 0 Å². The highest BCUT2D eigenvalue weighted by molar-refractivity contribution is 5.83. The van der Waals surface area contributed by atoms with Gasteiger partial charge in [-0.05, 0) is 12.1 Å². The fourth-order valence-electron chi connectivity index (χ4n) is 3.77. The first-order valence-corrected chi connectivity index (χ1v) is 10.4. The second kappa shape index (κ2) is 8.43. The summed E-state index contributed by atoms with van der Waals surface area (Å²) in [7, 11) is 8.48. The predicted octanol–water partition coefficient (Wildman–Crippen LogP) is 3.81. The van der Waals surface area contributed by atoms with E-state index in [-0.39, 0.29) is 0 Å². The average molecular weight is 461 g/mol. The van der Waals surface area contributed by atoms with Crippen LogP contribution in [0, 0.1) is 0 Å². The third kappa shape index (κ3) is 3.56. The first-order chi connectivity index (χ1) is 16.5. The van der Waals surface area contributed by atoms with Crippen molar-refractivity contribution < 1.29 is 18.9 Å². The number of fused-ring (bicyclic) bond motifs is 2. The van der Waals surface area contributed by atoms with Crippen LogP contribution in [0.1, 0.15) is 0 Å². The van der Waals surface area contributed by atoms with Crippen LogP contribution < -0.4 is 24.3 Å². The van der Waals surface area contributed by atoms with Crippen molar-refractivity contribution >= 4 is 33.7 Å². The Morgan fingerprint density at radius 3 is 2.38 bits per heavy atom. The molecule has 0 aliphatic heterocycles. The van der Waals surface area contributed by atoms with E-state index in [4.69, 9.17) is 23.9 Å². The number of methoxy groups -OCH3 is 3. The van der Waals surface area contributed by atoms with Crippen molar-refractivity contribution in [3.8, 4) is 28.9 Å². The number of aromatic nitrogens is 6. The molecule has 0 spiro atoms. The number of hydrogen-bond donors (Lipinski definition) is 1. The Kier molecular flexibility index (Phi) is 5.28. The van der Waals surface area contributed by atoms with E-state index in [0.717, 1.165) is 22.1 Å². The number of hydrogen-bond acceptors (Lipinski definition) is 9. The van der Waals surface area contributed by atoms with Crippen LogP contribution in [0.5, 0.6) is 28.9 Å². The van der Waals surface area contributed by atoms with Gasteiger partial charge in [-0.15, -0.1) is 0 Å². The second-order valence-corrected chi connectivity index (χ2v) is 7.47. The summed E-state index contributed by atoms with van der Waals surface area (Å²) in [6, 6.07) is 9.32. The third-order valence-electron chi connectivity index (χ3n) is 5.48. The number of aryl methyl sites for hydroxylation is 2. The second-order valence-electron chi connectivity index (χ2n) is 7.47. The van der Waals surface area contributed by atoms with E-state index in [9.17, 15) is 0 Å². The van der Waals surface area contributed by atoms with Gasteiger partial charge >= 0.3 is 0 Å². The zero-order chi connectivity index (χ0) is 23.8. The summed E-state index contributed by atoms with van der Waals surface area (Å²) in [6.45, 7) is 0. The summed E-state index contributed by atoms with van der Waals surface area (Å²) in [6.07, 6.45) is 3.14. The fourth-order valence-corrected chi connectivity index (χ4v) is 3.77. The first kappa shape index (κ1) is 21.3. The molecule has 2 aromatic carbocycles. The Labute approximate surface area is 194 Å². The molecule has 0 radical (unpaired) electrons. The lowest BCUT2D eigenvalue weighted by Crippen LogP contribution is -2.01. The monoisotopic (exact) mass is 461 g/mol. The smallest absolute Gasteiger partial charge is 0.233 e. The van der Waals surface area contributed by atoms with Gasteiger partial charge in [-0.2, -0.15) is 5.10 Å². The maximum absolute atomic E-state index is 6.05. The highest BCUT2D eigenvalue weighted by atomic mass is 16.5. The molecule has 0 unspecified atom stereocenters. The zero-order valence-electron chi connectivity index (χ0n) is 19.4. The van der Waals surface area contributed by atoms with Crippen molar-refractivity contribution in [2.45, 2.75) is 0 Å². The largest absolute Gasteiger partial charge is 0.493 e. The van der Waals surface area contributed by atoms with Crippen molar-refractivity contribution in [1.29, 1.82) is 0 Å². The molecular weight excluding hydrogens is 438 g/mol. The highest BCUT2D eigenvalue weighted by Crippen LogP contribution is 2.40. The van der Waals surface area contributed by atoms with E-state index in [1.807, 2.05) is 49.0 Å². The average Bonchev–Trinajstić information content (AvgIpc) is 3.38. The minimum Gasteiger partial charge on any atom is -0.493 e. The summed E-state index contributed by atoms with van der Waals surface area (Å²) in [5, 5.41) is 8.28. The maximum Gasteiger partial charge on any atom is 0.233 e. The summed E-state index contributed by atoms with van der Waals surface area (Å²) >= 11 is 0. The molecular formula is C23H23N7O4. The van der Waals surface area contributed by atoms with Crippen LogP contribution in [0.2, 0.25) is 0 Å². The number of nitrogens with zero attached hydrogens (tertiary/aromatic N) is 6. The van der Waals surface area contributed by atoms with E-state index in [2.05, 4.69) is 20.4 Å². The van der Waals surface area contributed by atoms with Crippen LogP contribution in [-0.4, -0.2) is 50.6 Å². The van der Waals surface area contributed by atoms with Gasteiger partial charge in [0.2, 0.25) is 17.6 Å². The molecule has 34 heavy (non-hydrogen) atoms. The molecule has 0 aliphatic carbocycles. The van der Waals surface area contributed by atoms with Crippen LogP contribution in [0.4, 0.5) is 11.6 Å². The van der Waals surface area contributed by atoms with Crippen LogP contribution in [0.15, 0.2) is 42.9 Å². The van der Waals surface area contributed by atoms with Crippen molar-refractivity contribution in [1.82, 2.24) is 29.3 Å². The molecule has 0 bridgehead atoms. The summed E-state index contributed by atoms with van der Waals surface area (Å²) < 4.78 is 26.0. The summed E-state index contributed by atoms with van der Waals surface area (Å²) in [5.41, 5.74) is 3.12. The van der Waals surface area contributed by atoms with Crippen LogP contribution in [-0.2, 0) is 14.1 Å². The van der Waals surface area contributed by atoms with Gasteiger partial charge in [-0.25, -0.2) is 15.0 Å². The van der Waals surface area contributed by atoms with E-state index >= 15 is 0 Å². The Morgan fingerprint density at radius 1 is 0.912 bits per heavy atom. The van der Waals surface area contributed by atoms with Gasteiger partial charge in [0.1, 0.15) is 17.5 Å². The minimum atomic E-state index is 0.434. The third-order valence-corrected chi connectivity index (χ3v) is 5.48. The number of ether oxygens (including phenoxy) is 4. The van der Waals surface area contributed by atoms with Gasteiger partial charge in [0.25, 0.3) is 0 Å². The van der Waals surface area contributed by atoms with Gasteiger partial charge in [0.05, 0.1) is 38.6 Å². The molecule has 174 valence electrons. The zero-order valence-corrected chi connectivity index (χ0v) is 19.4. The number of benzene rings is 2. The molecule has 3 heterocycles. The number of imidazole rings is 1. The van der Waals surface area contributed by atoms with E-state index in [1.165, 1.54) is 6.33 Å². The van der Waals surface area contributed by atoms with E-state index in [0.29, 0.717) is 40.5 Å².